The minimum Gasteiger partial charge on any atom is -0.358 e. The van der Waals surface area contributed by atoms with Gasteiger partial charge in [-0.05, 0) is 26.2 Å². The van der Waals surface area contributed by atoms with E-state index in [1.165, 1.54) is 23.1 Å². The third-order valence-corrected chi connectivity index (χ3v) is 6.43. The molecule has 0 amide bonds. The Bertz CT molecular complexity index is 824. The highest BCUT2D eigenvalue weighted by atomic mass is 32.2. The topological polar surface area (TPSA) is 58.6 Å². The van der Waals surface area contributed by atoms with E-state index in [0.29, 0.717) is 0 Å². The van der Waals surface area contributed by atoms with Crippen LogP contribution >= 0.6 is 34.9 Å². The Balaban J connectivity index is 1.87. The second-order valence-electron chi connectivity index (χ2n) is 4.83. The van der Waals surface area contributed by atoms with Gasteiger partial charge in [-0.25, -0.2) is 0 Å². The molecule has 0 radical (unpaired) electrons. The predicted molar refractivity (Wildman–Crippen MR) is 94.4 cm³/mol. The summed E-state index contributed by atoms with van der Waals surface area (Å²) >= 11 is 4.57. The molecule has 0 saturated carbocycles. The largest absolute Gasteiger partial charge is 0.358 e. The zero-order chi connectivity index (χ0) is 15.7. The van der Waals surface area contributed by atoms with E-state index in [9.17, 15) is 4.79 Å². The Morgan fingerprint density at radius 3 is 2.73 bits per heavy atom. The van der Waals surface area contributed by atoms with Crippen molar-refractivity contribution in [3.05, 3.63) is 35.5 Å². The fourth-order valence-corrected chi connectivity index (χ4v) is 4.97. The number of benzene rings is 1. The summed E-state index contributed by atoms with van der Waals surface area (Å²) < 4.78 is 1.76. The van der Waals surface area contributed by atoms with Crippen LogP contribution in [-0.4, -0.2) is 32.5 Å². The fourth-order valence-electron chi connectivity index (χ4n) is 2.33. The fraction of sp³-hybridized carbons (Fsp3) is 0.267. The number of aromatic nitrogens is 3. The third kappa shape index (κ3) is 2.93. The average molecular weight is 350 g/mol. The molecule has 0 aliphatic heterocycles. The van der Waals surface area contributed by atoms with Crippen LogP contribution in [0.4, 0.5) is 0 Å². The lowest BCUT2D eigenvalue weighted by atomic mass is 10.1. The van der Waals surface area contributed by atoms with Gasteiger partial charge in [0.1, 0.15) is 0 Å². The Morgan fingerprint density at radius 1 is 1.27 bits per heavy atom. The summed E-state index contributed by atoms with van der Waals surface area (Å²) in [6.07, 6.45) is 1.97. The number of Topliss-reactive ketones (excluding diaryl/α,β-unsaturated/α-hetero) is 1. The van der Waals surface area contributed by atoms with E-state index in [2.05, 4.69) is 15.2 Å². The zero-order valence-corrected chi connectivity index (χ0v) is 14.9. The first-order valence-electron chi connectivity index (χ1n) is 6.76. The number of carbonyl (C=O) groups excluding carboxylic acids is 1. The molecule has 2 aromatic heterocycles. The van der Waals surface area contributed by atoms with E-state index in [0.717, 1.165) is 30.8 Å². The van der Waals surface area contributed by atoms with Crippen LogP contribution in [0.2, 0.25) is 0 Å². The molecule has 0 spiro atoms. The summed E-state index contributed by atoms with van der Waals surface area (Å²) in [6, 6.07) is 7.90. The minimum absolute atomic E-state index is 0.126. The number of nitrogens with one attached hydrogen (secondary N) is 1. The number of H-pyrrole nitrogens is 1. The van der Waals surface area contributed by atoms with Gasteiger partial charge < -0.3 is 4.98 Å². The quantitative estimate of drug-likeness (QED) is 0.546. The van der Waals surface area contributed by atoms with E-state index < -0.39 is 0 Å². The highest BCUT2D eigenvalue weighted by Crippen LogP contribution is 2.33. The Morgan fingerprint density at radius 2 is 2.00 bits per heavy atom. The maximum Gasteiger partial charge on any atom is 0.178 e. The molecule has 0 bridgehead atoms. The second kappa shape index (κ2) is 6.44. The second-order valence-corrected chi connectivity index (χ2v) is 8.45. The number of ketones is 1. The lowest BCUT2D eigenvalue weighted by Crippen LogP contribution is -2.14. The molecule has 3 rings (SSSR count). The molecule has 0 unspecified atom stereocenters. The lowest BCUT2D eigenvalue weighted by molar-refractivity contribution is 0.0995. The molecule has 3 aromatic rings. The van der Waals surface area contributed by atoms with Crippen molar-refractivity contribution in [2.75, 3.05) is 6.26 Å². The van der Waals surface area contributed by atoms with Crippen LogP contribution in [0.1, 0.15) is 23.0 Å². The van der Waals surface area contributed by atoms with Gasteiger partial charge in [0.05, 0.1) is 5.25 Å². The van der Waals surface area contributed by atoms with Crippen LogP contribution in [0.25, 0.3) is 10.9 Å². The smallest absolute Gasteiger partial charge is 0.178 e. The first kappa shape index (κ1) is 15.6. The first-order chi connectivity index (χ1) is 10.6. The molecule has 0 aliphatic rings. The monoisotopic (exact) mass is 349 g/mol. The molecule has 1 N–H and O–H groups in total. The summed E-state index contributed by atoms with van der Waals surface area (Å²) in [5.74, 6) is 0.126. The Kier molecular flexibility index (Phi) is 4.56. The average Bonchev–Trinajstić information content (AvgIpc) is 3.09. The van der Waals surface area contributed by atoms with Crippen LogP contribution in [0.15, 0.2) is 32.9 Å². The molecule has 22 heavy (non-hydrogen) atoms. The molecule has 0 fully saturated rings. The van der Waals surface area contributed by atoms with Crippen molar-refractivity contribution in [3.63, 3.8) is 0 Å². The molecule has 7 heteroatoms. The van der Waals surface area contributed by atoms with Crippen molar-refractivity contribution in [2.45, 2.75) is 27.8 Å². The van der Waals surface area contributed by atoms with Crippen molar-refractivity contribution >= 4 is 51.5 Å². The van der Waals surface area contributed by atoms with Gasteiger partial charge in [0.25, 0.3) is 0 Å². The lowest BCUT2D eigenvalue weighted by Gasteiger charge is -2.08. The molecule has 4 nitrogen and oxygen atoms in total. The van der Waals surface area contributed by atoms with Crippen LogP contribution < -0.4 is 0 Å². The summed E-state index contributed by atoms with van der Waals surface area (Å²) in [6.45, 7) is 3.87. The maximum absolute atomic E-state index is 12.8. The van der Waals surface area contributed by atoms with Crippen LogP contribution in [0, 0.1) is 6.92 Å². The molecule has 1 atom stereocenters. The molecule has 0 aliphatic carbocycles. The number of aromatic amines is 1. The summed E-state index contributed by atoms with van der Waals surface area (Å²) in [7, 11) is 0. The number of aryl methyl sites for hydroxylation is 1. The Labute approximate surface area is 141 Å². The van der Waals surface area contributed by atoms with Crippen molar-refractivity contribution in [1.82, 2.24) is 15.2 Å². The van der Waals surface area contributed by atoms with Gasteiger partial charge in [-0.2, -0.15) is 0 Å². The number of thioether (sulfide) groups is 2. The van der Waals surface area contributed by atoms with Crippen molar-refractivity contribution < 1.29 is 4.79 Å². The number of rotatable bonds is 5. The van der Waals surface area contributed by atoms with Gasteiger partial charge in [0.15, 0.2) is 14.5 Å². The molecule has 2 heterocycles. The molecule has 0 saturated heterocycles. The summed E-state index contributed by atoms with van der Waals surface area (Å²) in [5.41, 5.74) is 2.70. The number of para-hydroxylation sites is 1. The normalized spacial score (nSPS) is 12.7. The Hall–Kier alpha value is -1.31. The molecular weight excluding hydrogens is 334 g/mol. The van der Waals surface area contributed by atoms with E-state index in [1.807, 2.05) is 44.4 Å². The van der Waals surface area contributed by atoms with Gasteiger partial charge in [-0.1, -0.05) is 53.1 Å². The third-order valence-electron chi connectivity index (χ3n) is 3.35. The number of carbonyl (C=O) groups is 1. The van der Waals surface area contributed by atoms with E-state index >= 15 is 0 Å². The van der Waals surface area contributed by atoms with E-state index in [4.69, 9.17) is 0 Å². The first-order valence-corrected chi connectivity index (χ1v) is 9.68. The van der Waals surface area contributed by atoms with Crippen molar-refractivity contribution in [3.8, 4) is 0 Å². The number of nitrogens with zero attached hydrogens (tertiary/aromatic N) is 2. The summed E-state index contributed by atoms with van der Waals surface area (Å²) in [4.78, 5) is 16.1. The molecular formula is C15H15N3OS3. The summed E-state index contributed by atoms with van der Waals surface area (Å²) in [5, 5.41) is 8.99. The van der Waals surface area contributed by atoms with Gasteiger partial charge in [0.2, 0.25) is 0 Å². The van der Waals surface area contributed by atoms with Gasteiger partial charge in [-0.3, -0.25) is 4.79 Å². The van der Waals surface area contributed by atoms with Crippen molar-refractivity contribution in [1.29, 1.82) is 0 Å². The van der Waals surface area contributed by atoms with Crippen LogP contribution in [0.3, 0.4) is 0 Å². The van der Waals surface area contributed by atoms with Gasteiger partial charge >= 0.3 is 0 Å². The standard InChI is InChI=1S/C15H15N3OS3/c1-8-12(10-6-4-5-7-11(10)16-8)13(19)9(2)21-15-18-17-14(20-3)22-15/h4-7,9,16H,1-3H3/t9-/m1/s1. The molecule has 114 valence electrons. The SMILES string of the molecule is CSc1nnc(S[C@H](C)C(=O)c2c(C)[nH]c3ccccc23)s1. The maximum atomic E-state index is 12.8. The number of hydrogen-bond donors (Lipinski definition) is 1. The highest BCUT2D eigenvalue weighted by molar-refractivity contribution is 8.03. The van der Waals surface area contributed by atoms with E-state index in [1.54, 1.807) is 11.8 Å². The van der Waals surface area contributed by atoms with Crippen molar-refractivity contribution in [2.24, 2.45) is 0 Å². The molecule has 1 aromatic carbocycles. The van der Waals surface area contributed by atoms with Crippen LogP contribution in [0.5, 0.6) is 0 Å². The number of hydrogen-bond acceptors (Lipinski definition) is 6. The van der Waals surface area contributed by atoms with Gasteiger partial charge in [0, 0.05) is 22.2 Å². The predicted octanol–water partition coefficient (Wildman–Crippen LogP) is 4.41. The zero-order valence-electron chi connectivity index (χ0n) is 12.4. The van der Waals surface area contributed by atoms with Crippen LogP contribution in [-0.2, 0) is 0 Å². The van der Waals surface area contributed by atoms with Gasteiger partial charge in [-0.15, -0.1) is 10.2 Å². The highest BCUT2D eigenvalue weighted by Gasteiger charge is 2.23. The van der Waals surface area contributed by atoms with E-state index in [-0.39, 0.29) is 11.0 Å². The number of fused-ring (bicyclic) bond motifs is 1. The minimum atomic E-state index is -0.194.